The second kappa shape index (κ2) is 4.36. The molecule has 3 rings (SSSR count). The molecule has 7 nitrogen and oxygen atoms in total. The maximum Gasteiger partial charge on any atom is 0.200 e. The molecule has 0 amide bonds. The SMILES string of the molecule is CN(Cc1ccccn1)c1ccc2nnnn2n1. The van der Waals surface area contributed by atoms with Crippen molar-refractivity contribution in [3.8, 4) is 0 Å². The number of tetrazole rings is 1. The Bertz CT molecular complexity index is 649. The molecular weight excluding hydrogens is 230 g/mol. The smallest absolute Gasteiger partial charge is 0.200 e. The average Bonchev–Trinajstić information content (AvgIpc) is 2.87. The van der Waals surface area contributed by atoms with E-state index < -0.39 is 0 Å². The fourth-order valence-corrected chi connectivity index (χ4v) is 1.66. The highest BCUT2D eigenvalue weighted by Crippen LogP contribution is 2.11. The Morgan fingerprint density at radius 2 is 2.17 bits per heavy atom. The molecule has 0 aliphatic rings. The van der Waals surface area contributed by atoms with Gasteiger partial charge in [0.25, 0.3) is 0 Å². The number of rotatable bonds is 3. The standard InChI is InChI=1S/C11H11N7/c1-17(8-9-4-2-3-7-12-9)11-6-5-10-13-15-16-18(10)14-11/h2-7H,8H2,1H3. The summed E-state index contributed by atoms with van der Waals surface area (Å²) in [6.45, 7) is 0.682. The Balaban J connectivity index is 1.85. The minimum absolute atomic E-state index is 0.630. The van der Waals surface area contributed by atoms with Crippen LogP contribution in [0.4, 0.5) is 5.82 Å². The normalized spacial score (nSPS) is 10.7. The zero-order valence-corrected chi connectivity index (χ0v) is 9.80. The molecule has 0 aromatic carbocycles. The molecule has 3 aromatic heterocycles. The third kappa shape index (κ3) is 1.97. The number of hydrogen-bond acceptors (Lipinski definition) is 6. The average molecular weight is 241 g/mol. The van der Waals surface area contributed by atoms with Gasteiger partial charge in [0, 0.05) is 13.2 Å². The first-order valence-corrected chi connectivity index (χ1v) is 5.49. The first kappa shape index (κ1) is 10.6. The van der Waals surface area contributed by atoms with Gasteiger partial charge in [-0.3, -0.25) is 4.98 Å². The van der Waals surface area contributed by atoms with E-state index >= 15 is 0 Å². The zero-order valence-electron chi connectivity index (χ0n) is 9.80. The van der Waals surface area contributed by atoms with Gasteiger partial charge in [-0.15, -0.1) is 14.8 Å². The summed E-state index contributed by atoms with van der Waals surface area (Å²) in [6.07, 6.45) is 1.78. The Morgan fingerprint density at radius 3 is 3.00 bits per heavy atom. The number of pyridine rings is 1. The van der Waals surface area contributed by atoms with Gasteiger partial charge in [-0.2, -0.15) is 0 Å². The summed E-state index contributed by atoms with van der Waals surface area (Å²) in [7, 11) is 1.95. The Labute approximate surface area is 103 Å². The molecule has 0 aliphatic heterocycles. The molecule has 0 spiro atoms. The summed E-state index contributed by atoms with van der Waals surface area (Å²) in [6, 6.07) is 9.56. The van der Waals surface area contributed by atoms with Gasteiger partial charge in [0.2, 0.25) is 0 Å². The number of nitrogens with zero attached hydrogens (tertiary/aromatic N) is 7. The minimum atomic E-state index is 0.630. The molecule has 0 fully saturated rings. The molecule has 0 N–H and O–H groups in total. The third-order valence-electron chi connectivity index (χ3n) is 2.57. The fraction of sp³-hybridized carbons (Fsp3) is 0.182. The summed E-state index contributed by atoms with van der Waals surface area (Å²) in [4.78, 5) is 6.27. The zero-order chi connectivity index (χ0) is 12.4. The van der Waals surface area contributed by atoms with Gasteiger partial charge in [0.05, 0.1) is 12.2 Å². The van der Waals surface area contributed by atoms with Gasteiger partial charge in [-0.1, -0.05) is 6.07 Å². The second-order valence-electron chi connectivity index (χ2n) is 3.90. The lowest BCUT2D eigenvalue weighted by Crippen LogP contribution is -2.19. The van der Waals surface area contributed by atoms with Crippen molar-refractivity contribution >= 4 is 11.5 Å². The molecule has 0 unspecified atom stereocenters. The molecule has 90 valence electrons. The predicted octanol–water partition coefficient (Wildman–Crippen LogP) is 0.551. The van der Waals surface area contributed by atoms with Crippen LogP contribution in [0.15, 0.2) is 36.5 Å². The van der Waals surface area contributed by atoms with E-state index in [4.69, 9.17) is 0 Å². The fourth-order valence-electron chi connectivity index (χ4n) is 1.66. The van der Waals surface area contributed by atoms with E-state index in [1.807, 2.05) is 42.3 Å². The highest BCUT2D eigenvalue weighted by atomic mass is 15.6. The van der Waals surface area contributed by atoms with Crippen LogP contribution >= 0.6 is 0 Å². The van der Waals surface area contributed by atoms with Crippen LogP contribution in [0.25, 0.3) is 5.65 Å². The molecule has 0 atom stereocenters. The number of aromatic nitrogens is 6. The first-order valence-electron chi connectivity index (χ1n) is 5.49. The summed E-state index contributed by atoms with van der Waals surface area (Å²) in [5.74, 6) is 0.792. The molecule has 0 saturated heterocycles. The summed E-state index contributed by atoms with van der Waals surface area (Å²) >= 11 is 0. The molecular formula is C11H11N7. The topological polar surface area (TPSA) is 72.1 Å². The monoisotopic (exact) mass is 241 g/mol. The highest BCUT2D eigenvalue weighted by Gasteiger charge is 2.06. The van der Waals surface area contributed by atoms with Gasteiger partial charge in [-0.25, -0.2) is 0 Å². The Kier molecular flexibility index (Phi) is 2.56. The lowest BCUT2D eigenvalue weighted by Gasteiger charge is -2.16. The first-order chi connectivity index (χ1) is 8.83. The van der Waals surface area contributed by atoms with E-state index in [2.05, 4.69) is 25.6 Å². The van der Waals surface area contributed by atoms with Crippen molar-refractivity contribution in [2.45, 2.75) is 6.54 Å². The molecule has 3 aromatic rings. The van der Waals surface area contributed by atoms with Crippen molar-refractivity contribution in [3.63, 3.8) is 0 Å². The van der Waals surface area contributed by atoms with Crippen LogP contribution < -0.4 is 4.90 Å². The molecule has 0 radical (unpaired) electrons. The molecule has 18 heavy (non-hydrogen) atoms. The second-order valence-corrected chi connectivity index (χ2v) is 3.90. The van der Waals surface area contributed by atoms with E-state index in [0.29, 0.717) is 12.2 Å². The van der Waals surface area contributed by atoms with Gasteiger partial charge in [-0.05, 0) is 34.7 Å². The van der Waals surface area contributed by atoms with Crippen LogP contribution in [0, 0.1) is 0 Å². The molecule has 0 saturated carbocycles. The van der Waals surface area contributed by atoms with Crippen LogP contribution in [-0.4, -0.2) is 37.3 Å². The van der Waals surface area contributed by atoms with E-state index in [9.17, 15) is 0 Å². The van der Waals surface area contributed by atoms with Gasteiger partial charge < -0.3 is 4.90 Å². The van der Waals surface area contributed by atoms with Gasteiger partial charge >= 0.3 is 0 Å². The highest BCUT2D eigenvalue weighted by molar-refractivity contribution is 5.43. The molecule has 0 bridgehead atoms. The Hall–Kier alpha value is -2.57. The third-order valence-corrected chi connectivity index (χ3v) is 2.57. The van der Waals surface area contributed by atoms with Crippen LogP contribution in [0.2, 0.25) is 0 Å². The van der Waals surface area contributed by atoms with Crippen LogP contribution in [0.1, 0.15) is 5.69 Å². The van der Waals surface area contributed by atoms with Gasteiger partial charge in [0.1, 0.15) is 0 Å². The lowest BCUT2D eigenvalue weighted by atomic mass is 10.3. The lowest BCUT2D eigenvalue weighted by molar-refractivity contribution is 0.718. The number of hydrogen-bond donors (Lipinski definition) is 0. The largest absolute Gasteiger partial charge is 0.352 e. The van der Waals surface area contributed by atoms with Crippen molar-refractivity contribution < 1.29 is 0 Å². The van der Waals surface area contributed by atoms with Gasteiger partial charge in [0.15, 0.2) is 11.5 Å². The van der Waals surface area contributed by atoms with E-state index in [-0.39, 0.29) is 0 Å². The summed E-state index contributed by atoms with van der Waals surface area (Å²) < 4.78 is 1.41. The van der Waals surface area contributed by atoms with Crippen molar-refractivity contribution in [3.05, 3.63) is 42.2 Å². The molecule has 0 aliphatic carbocycles. The summed E-state index contributed by atoms with van der Waals surface area (Å²) in [5, 5.41) is 15.4. The number of anilines is 1. The maximum atomic E-state index is 4.31. The van der Waals surface area contributed by atoms with Crippen LogP contribution in [0.3, 0.4) is 0 Å². The Morgan fingerprint density at radius 1 is 1.22 bits per heavy atom. The van der Waals surface area contributed by atoms with Crippen LogP contribution in [-0.2, 0) is 6.54 Å². The van der Waals surface area contributed by atoms with E-state index in [1.54, 1.807) is 6.20 Å². The minimum Gasteiger partial charge on any atom is -0.352 e. The van der Waals surface area contributed by atoms with Crippen molar-refractivity contribution in [2.24, 2.45) is 0 Å². The van der Waals surface area contributed by atoms with Crippen molar-refractivity contribution in [1.82, 2.24) is 30.2 Å². The van der Waals surface area contributed by atoms with Crippen molar-refractivity contribution in [1.29, 1.82) is 0 Å². The van der Waals surface area contributed by atoms with E-state index in [1.165, 1.54) is 4.63 Å². The number of fused-ring (bicyclic) bond motifs is 1. The van der Waals surface area contributed by atoms with Crippen molar-refractivity contribution in [2.75, 3.05) is 11.9 Å². The molecule has 7 heteroatoms. The van der Waals surface area contributed by atoms with E-state index in [0.717, 1.165) is 11.5 Å². The van der Waals surface area contributed by atoms with Crippen LogP contribution in [0.5, 0.6) is 0 Å². The maximum absolute atomic E-state index is 4.31. The predicted molar refractivity (Wildman–Crippen MR) is 64.9 cm³/mol. The quantitative estimate of drug-likeness (QED) is 0.666. The molecule has 3 heterocycles. The summed E-state index contributed by atoms with van der Waals surface area (Å²) in [5.41, 5.74) is 1.61.